The highest BCUT2D eigenvalue weighted by Crippen LogP contribution is 2.36. The molecule has 0 aliphatic rings. The van der Waals surface area contributed by atoms with Crippen LogP contribution in [0.3, 0.4) is 0 Å². The third-order valence-electron chi connectivity index (χ3n) is 2.14. The van der Waals surface area contributed by atoms with E-state index in [1.807, 2.05) is 39.0 Å². The molecule has 0 aliphatic heterocycles. The zero-order valence-electron chi connectivity index (χ0n) is 11.0. The molecule has 0 N–H and O–H groups in total. The minimum Gasteiger partial charge on any atom is -0.493 e. The van der Waals surface area contributed by atoms with Crippen LogP contribution in [0.4, 0.5) is 0 Å². The van der Waals surface area contributed by atoms with E-state index >= 15 is 0 Å². The Morgan fingerprint density at radius 2 is 1.75 bits per heavy atom. The van der Waals surface area contributed by atoms with E-state index in [4.69, 9.17) is 9.47 Å². The molecular weight excluding hydrogens is 200 g/mol. The fourth-order valence-corrected chi connectivity index (χ4v) is 1.53. The van der Waals surface area contributed by atoms with Gasteiger partial charge in [-0.15, -0.1) is 0 Å². The van der Waals surface area contributed by atoms with Gasteiger partial charge in [-0.25, -0.2) is 0 Å². The molecule has 1 aromatic carbocycles. The maximum absolute atomic E-state index is 5.88. The van der Waals surface area contributed by atoms with Gasteiger partial charge in [0.2, 0.25) is 0 Å². The summed E-state index contributed by atoms with van der Waals surface area (Å²) >= 11 is 0. The predicted octanol–water partition coefficient (Wildman–Crippen LogP) is 3.83. The second kappa shape index (κ2) is 4.77. The summed E-state index contributed by atoms with van der Waals surface area (Å²) in [5.74, 6) is 2.84. The van der Waals surface area contributed by atoms with Crippen molar-refractivity contribution < 1.29 is 9.47 Å². The molecule has 1 aromatic rings. The Morgan fingerprint density at radius 3 is 2.19 bits per heavy atom. The Hall–Kier alpha value is -1.18. The van der Waals surface area contributed by atoms with E-state index in [0.29, 0.717) is 0 Å². The number of hydrogen-bond donors (Lipinski definition) is 0. The number of benzene rings is 1. The van der Waals surface area contributed by atoms with Crippen LogP contribution in [-0.4, -0.2) is 12.7 Å². The summed E-state index contributed by atoms with van der Waals surface area (Å²) in [7, 11) is 1.68. The van der Waals surface area contributed by atoms with Gasteiger partial charge in [-0.3, -0.25) is 0 Å². The zero-order chi connectivity index (χ0) is 12.3. The van der Waals surface area contributed by atoms with Crippen LogP contribution in [0.5, 0.6) is 11.5 Å². The smallest absolute Gasteiger partial charge is 0.164 e. The molecule has 0 heterocycles. The van der Waals surface area contributed by atoms with Crippen molar-refractivity contribution in [3.05, 3.63) is 29.7 Å². The lowest BCUT2D eigenvalue weighted by Gasteiger charge is -2.24. The molecule has 16 heavy (non-hydrogen) atoms. The monoisotopic (exact) mass is 221 g/mol. The lowest BCUT2D eigenvalue weighted by Crippen LogP contribution is -2.23. The summed E-state index contributed by atoms with van der Waals surface area (Å²) in [6.45, 7) is 10.2. The van der Waals surface area contributed by atoms with Gasteiger partial charge in [0.15, 0.2) is 11.5 Å². The molecule has 89 valence electrons. The predicted molar refractivity (Wildman–Crippen MR) is 67.1 cm³/mol. The van der Waals surface area contributed by atoms with E-state index in [1.165, 1.54) is 5.92 Å². The van der Waals surface area contributed by atoms with Gasteiger partial charge in [-0.1, -0.05) is 26.0 Å². The van der Waals surface area contributed by atoms with E-state index < -0.39 is 0 Å². The Kier molecular flexibility index (Phi) is 3.84. The van der Waals surface area contributed by atoms with Crippen LogP contribution in [0.2, 0.25) is 0 Å². The SMILES string of the molecule is COc1c(OC(C)(C)C)cccc1[C](C)C. The van der Waals surface area contributed by atoms with Crippen molar-refractivity contribution in [3.63, 3.8) is 0 Å². The van der Waals surface area contributed by atoms with Crippen molar-refractivity contribution in [2.45, 2.75) is 40.2 Å². The van der Waals surface area contributed by atoms with E-state index in [0.717, 1.165) is 17.1 Å². The first kappa shape index (κ1) is 12.9. The lowest BCUT2D eigenvalue weighted by molar-refractivity contribution is 0.125. The van der Waals surface area contributed by atoms with Crippen molar-refractivity contribution in [3.8, 4) is 11.5 Å². The molecule has 2 heteroatoms. The average Bonchev–Trinajstić information content (AvgIpc) is 2.14. The van der Waals surface area contributed by atoms with Gasteiger partial charge < -0.3 is 9.47 Å². The fraction of sp³-hybridized carbons (Fsp3) is 0.500. The van der Waals surface area contributed by atoms with Crippen LogP contribution in [0, 0.1) is 5.92 Å². The maximum Gasteiger partial charge on any atom is 0.164 e. The molecule has 0 aliphatic carbocycles. The molecule has 0 unspecified atom stereocenters. The van der Waals surface area contributed by atoms with Crippen molar-refractivity contribution >= 4 is 0 Å². The molecule has 0 saturated heterocycles. The molecule has 0 atom stereocenters. The highest BCUT2D eigenvalue weighted by Gasteiger charge is 2.18. The number of hydrogen-bond acceptors (Lipinski definition) is 2. The summed E-state index contributed by atoms with van der Waals surface area (Å²) in [4.78, 5) is 0. The van der Waals surface area contributed by atoms with Crippen molar-refractivity contribution in [2.24, 2.45) is 0 Å². The van der Waals surface area contributed by atoms with Gasteiger partial charge in [0.1, 0.15) is 5.60 Å². The Balaban J connectivity index is 3.14. The van der Waals surface area contributed by atoms with Crippen LogP contribution in [0.15, 0.2) is 18.2 Å². The third kappa shape index (κ3) is 3.16. The van der Waals surface area contributed by atoms with Crippen LogP contribution < -0.4 is 9.47 Å². The molecule has 1 rings (SSSR count). The van der Waals surface area contributed by atoms with Gasteiger partial charge in [0.05, 0.1) is 7.11 Å². The molecule has 1 radical (unpaired) electrons. The van der Waals surface area contributed by atoms with Crippen LogP contribution >= 0.6 is 0 Å². The first-order chi connectivity index (χ1) is 7.35. The van der Waals surface area contributed by atoms with E-state index in [2.05, 4.69) is 13.8 Å². The summed E-state index contributed by atoms with van der Waals surface area (Å²) in [6.07, 6.45) is 0. The van der Waals surface area contributed by atoms with Gasteiger partial charge in [-0.05, 0) is 26.8 Å². The van der Waals surface area contributed by atoms with Crippen molar-refractivity contribution in [1.82, 2.24) is 0 Å². The number of para-hydroxylation sites is 1. The standard InChI is InChI=1S/C14H21O2/c1-10(2)11-8-7-9-12(13(11)15-6)16-14(3,4)5/h7-9H,1-6H3. The summed E-state index contributed by atoms with van der Waals surface area (Å²) in [5, 5.41) is 0. The minimum absolute atomic E-state index is 0.215. The van der Waals surface area contributed by atoms with Crippen molar-refractivity contribution in [1.29, 1.82) is 0 Å². The van der Waals surface area contributed by atoms with E-state index in [-0.39, 0.29) is 5.60 Å². The first-order valence-electron chi connectivity index (χ1n) is 5.51. The molecule has 0 spiro atoms. The largest absolute Gasteiger partial charge is 0.493 e. The molecule has 0 amide bonds. The normalized spacial score (nSPS) is 11.7. The lowest BCUT2D eigenvalue weighted by atomic mass is 10.0. The van der Waals surface area contributed by atoms with Gasteiger partial charge in [-0.2, -0.15) is 0 Å². The second-order valence-electron chi connectivity index (χ2n) is 5.05. The maximum atomic E-state index is 5.88. The second-order valence-corrected chi connectivity index (χ2v) is 5.05. The number of methoxy groups -OCH3 is 1. The van der Waals surface area contributed by atoms with Crippen LogP contribution in [-0.2, 0) is 0 Å². The summed E-state index contributed by atoms with van der Waals surface area (Å²) in [6, 6.07) is 5.98. The van der Waals surface area contributed by atoms with Gasteiger partial charge in [0.25, 0.3) is 0 Å². The van der Waals surface area contributed by atoms with Crippen LogP contribution in [0.1, 0.15) is 40.2 Å². The Morgan fingerprint density at radius 1 is 1.12 bits per heavy atom. The number of rotatable bonds is 3. The molecule has 0 bridgehead atoms. The van der Waals surface area contributed by atoms with E-state index in [9.17, 15) is 0 Å². The summed E-state index contributed by atoms with van der Waals surface area (Å²) in [5.41, 5.74) is 0.886. The topological polar surface area (TPSA) is 18.5 Å². The van der Waals surface area contributed by atoms with Crippen molar-refractivity contribution in [2.75, 3.05) is 7.11 Å². The van der Waals surface area contributed by atoms with Gasteiger partial charge >= 0.3 is 0 Å². The minimum atomic E-state index is -0.215. The van der Waals surface area contributed by atoms with Gasteiger partial charge in [0, 0.05) is 11.5 Å². The fourth-order valence-electron chi connectivity index (χ4n) is 1.53. The average molecular weight is 221 g/mol. The Bertz CT molecular complexity index is 348. The molecule has 0 aromatic heterocycles. The summed E-state index contributed by atoms with van der Waals surface area (Å²) < 4.78 is 11.3. The molecule has 0 saturated carbocycles. The molecular formula is C14H21O2. The zero-order valence-corrected chi connectivity index (χ0v) is 11.0. The number of ether oxygens (including phenoxy) is 2. The molecule has 0 fully saturated rings. The Labute approximate surface area is 98.6 Å². The highest BCUT2D eigenvalue weighted by molar-refractivity contribution is 5.51. The highest BCUT2D eigenvalue weighted by atomic mass is 16.5. The van der Waals surface area contributed by atoms with E-state index in [1.54, 1.807) is 7.11 Å². The first-order valence-corrected chi connectivity index (χ1v) is 5.51. The third-order valence-corrected chi connectivity index (χ3v) is 2.14. The van der Waals surface area contributed by atoms with Crippen LogP contribution in [0.25, 0.3) is 0 Å². The molecule has 2 nitrogen and oxygen atoms in total. The quantitative estimate of drug-likeness (QED) is 0.772.